The zero-order valence-corrected chi connectivity index (χ0v) is 13.3. The predicted octanol–water partition coefficient (Wildman–Crippen LogP) is 4.16. The molecule has 0 spiro atoms. The summed E-state index contributed by atoms with van der Waals surface area (Å²) in [6.07, 6.45) is 0. The molecular weight excluding hydrogens is 316 g/mol. The summed E-state index contributed by atoms with van der Waals surface area (Å²) in [5.74, 6) is 1.04. The van der Waals surface area contributed by atoms with E-state index in [4.69, 9.17) is 20.8 Å². The summed E-state index contributed by atoms with van der Waals surface area (Å²) in [6.45, 7) is 1.69. The number of ether oxygens (including phenoxy) is 1. The van der Waals surface area contributed by atoms with Gasteiger partial charge in [-0.15, -0.1) is 0 Å². The Morgan fingerprint density at radius 1 is 1.17 bits per heavy atom. The number of carbonyl (C=O) groups is 1. The number of hydrogen-bond donors (Lipinski definition) is 0. The minimum absolute atomic E-state index is 0.172. The van der Waals surface area contributed by atoms with Crippen LogP contribution in [0.15, 0.2) is 51.7 Å². The molecule has 0 saturated heterocycles. The lowest BCUT2D eigenvalue weighted by molar-refractivity contribution is 0.108. The van der Waals surface area contributed by atoms with Crippen LogP contribution in [0, 0.1) is 6.92 Å². The Balaban J connectivity index is 2.38. The first-order valence-corrected chi connectivity index (χ1v) is 7.31. The van der Waals surface area contributed by atoms with Gasteiger partial charge in [0.05, 0.1) is 18.1 Å². The maximum absolute atomic E-state index is 12.6. The van der Waals surface area contributed by atoms with Crippen molar-refractivity contribution in [1.82, 2.24) is 0 Å². The molecule has 5 heteroatoms. The Bertz CT molecular complexity index is 972. The number of hydrogen-bond acceptors (Lipinski definition) is 4. The fourth-order valence-electron chi connectivity index (χ4n) is 2.50. The lowest BCUT2D eigenvalue weighted by Crippen LogP contribution is -2.08. The summed E-state index contributed by atoms with van der Waals surface area (Å²) >= 11 is 5.60. The second-order valence-electron chi connectivity index (χ2n) is 5.07. The van der Waals surface area contributed by atoms with Gasteiger partial charge in [0.25, 0.3) is 5.24 Å². The lowest BCUT2D eigenvalue weighted by Gasteiger charge is -2.09. The summed E-state index contributed by atoms with van der Waals surface area (Å²) in [6, 6.07) is 11.9. The van der Waals surface area contributed by atoms with Crippen LogP contribution in [0.4, 0.5) is 0 Å². The van der Waals surface area contributed by atoms with Gasteiger partial charge in [0.1, 0.15) is 11.5 Å². The summed E-state index contributed by atoms with van der Waals surface area (Å²) in [5, 5.41) is -0.333. The molecule has 0 atom stereocenters. The SMILES string of the molecule is COc1cccc(-c2oc3c(C(=O)Cl)cccc3c(=O)c2C)c1. The standard InChI is InChI=1S/C18H13ClO4/c1-10-15(20)13-7-4-8-14(18(19)21)17(13)23-16(10)11-5-3-6-12(9-11)22-2/h3-9H,1-2H3. The van der Waals surface area contributed by atoms with Gasteiger partial charge < -0.3 is 9.15 Å². The molecule has 1 heterocycles. The average Bonchev–Trinajstić information content (AvgIpc) is 2.57. The van der Waals surface area contributed by atoms with Crippen molar-refractivity contribution < 1.29 is 13.9 Å². The number of benzene rings is 2. The number of halogens is 1. The highest BCUT2D eigenvalue weighted by Gasteiger charge is 2.17. The maximum atomic E-state index is 12.6. The third kappa shape index (κ3) is 2.62. The first-order valence-electron chi connectivity index (χ1n) is 6.93. The van der Waals surface area contributed by atoms with E-state index < -0.39 is 5.24 Å². The molecule has 0 aliphatic carbocycles. The van der Waals surface area contributed by atoms with Crippen molar-refractivity contribution in [3.8, 4) is 17.1 Å². The number of rotatable bonds is 3. The smallest absolute Gasteiger partial charge is 0.256 e. The van der Waals surface area contributed by atoms with Crippen LogP contribution < -0.4 is 10.2 Å². The monoisotopic (exact) mass is 328 g/mol. The molecule has 0 aliphatic heterocycles. The van der Waals surface area contributed by atoms with Crippen molar-refractivity contribution in [1.29, 1.82) is 0 Å². The molecule has 0 fully saturated rings. The summed E-state index contributed by atoms with van der Waals surface area (Å²) in [5.41, 5.74) is 1.33. The predicted molar refractivity (Wildman–Crippen MR) is 89.4 cm³/mol. The van der Waals surface area contributed by atoms with Crippen LogP contribution in [0.3, 0.4) is 0 Å². The summed E-state index contributed by atoms with van der Waals surface area (Å²) < 4.78 is 11.1. The number of para-hydroxylation sites is 1. The number of fused-ring (bicyclic) bond motifs is 1. The zero-order valence-electron chi connectivity index (χ0n) is 12.6. The van der Waals surface area contributed by atoms with Crippen LogP contribution in [-0.4, -0.2) is 12.4 Å². The third-order valence-electron chi connectivity index (χ3n) is 3.69. The Labute approximate surface area is 137 Å². The van der Waals surface area contributed by atoms with E-state index in [0.29, 0.717) is 28.0 Å². The molecule has 0 aliphatic rings. The zero-order chi connectivity index (χ0) is 16.6. The number of carbonyl (C=O) groups excluding carboxylic acids is 1. The van der Waals surface area contributed by atoms with Crippen molar-refractivity contribution in [2.75, 3.05) is 7.11 Å². The molecule has 0 bridgehead atoms. The molecule has 3 rings (SSSR count). The fraction of sp³-hybridized carbons (Fsp3) is 0.111. The van der Waals surface area contributed by atoms with Crippen LogP contribution in [0.1, 0.15) is 15.9 Å². The van der Waals surface area contributed by atoms with E-state index in [1.54, 1.807) is 44.4 Å². The molecule has 0 radical (unpaired) electrons. The number of methoxy groups -OCH3 is 1. The van der Waals surface area contributed by atoms with Crippen molar-refractivity contribution in [3.63, 3.8) is 0 Å². The van der Waals surface area contributed by atoms with E-state index in [1.807, 2.05) is 6.07 Å². The van der Waals surface area contributed by atoms with Crippen LogP contribution in [-0.2, 0) is 0 Å². The molecule has 0 saturated carbocycles. The van der Waals surface area contributed by atoms with Gasteiger partial charge in [0.2, 0.25) is 0 Å². The van der Waals surface area contributed by atoms with E-state index in [1.165, 1.54) is 6.07 Å². The van der Waals surface area contributed by atoms with Gasteiger partial charge >= 0.3 is 0 Å². The van der Waals surface area contributed by atoms with E-state index in [-0.39, 0.29) is 16.6 Å². The Hall–Kier alpha value is -2.59. The minimum atomic E-state index is -0.667. The Kier molecular flexibility index (Phi) is 3.92. The molecule has 2 aromatic carbocycles. The van der Waals surface area contributed by atoms with E-state index in [9.17, 15) is 9.59 Å². The highest BCUT2D eigenvalue weighted by atomic mass is 35.5. The first-order chi connectivity index (χ1) is 11.0. The largest absolute Gasteiger partial charge is 0.497 e. The van der Waals surface area contributed by atoms with Gasteiger partial charge in [-0.05, 0) is 42.8 Å². The topological polar surface area (TPSA) is 56.5 Å². The van der Waals surface area contributed by atoms with Gasteiger partial charge in [-0.2, -0.15) is 0 Å². The van der Waals surface area contributed by atoms with Gasteiger partial charge in [0.15, 0.2) is 11.0 Å². The van der Waals surface area contributed by atoms with Crippen molar-refractivity contribution in [3.05, 3.63) is 63.8 Å². The van der Waals surface area contributed by atoms with Crippen molar-refractivity contribution >= 4 is 27.8 Å². The van der Waals surface area contributed by atoms with Gasteiger partial charge in [-0.3, -0.25) is 9.59 Å². The molecule has 0 N–H and O–H groups in total. The quantitative estimate of drug-likeness (QED) is 0.677. The molecule has 1 aromatic heterocycles. The summed E-state index contributed by atoms with van der Waals surface area (Å²) in [7, 11) is 1.56. The van der Waals surface area contributed by atoms with E-state index in [2.05, 4.69) is 0 Å². The van der Waals surface area contributed by atoms with Crippen molar-refractivity contribution in [2.24, 2.45) is 0 Å². The maximum Gasteiger partial charge on any atom is 0.256 e. The Morgan fingerprint density at radius 3 is 2.61 bits per heavy atom. The molecule has 116 valence electrons. The van der Waals surface area contributed by atoms with E-state index in [0.717, 1.165) is 0 Å². The fourth-order valence-corrected chi connectivity index (χ4v) is 2.65. The summed E-state index contributed by atoms with van der Waals surface area (Å²) in [4.78, 5) is 24.2. The second-order valence-corrected chi connectivity index (χ2v) is 5.42. The third-order valence-corrected chi connectivity index (χ3v) is 3.89. The van der Waals surface area contributed by atoms with Crippen LogP contribution in [0.5, 0.6) is 5.75 Å². The molecule has 3 aromatic rings. The normalized spacial score (nSPS) is 10.7. The van der Waals surface area contributed by atoms with E-state index >= 15 is 0 Å². The van der Waals surface area contributed by atoms with Crippen LogP contribution >= 0.6 is 11.6 Å². The average molecular weight is 329 g/mol. The van der Waals surface area contributed by atoms with Gasteiger partial charge in [-0.1, -0.05) is 18.2 Å². The molecule has 0 amide bonds. The lowest BCUT2D eigenvalue weighted by atomic mass is 10.0. The van der Waals surface area contributed by atoms with Crippen molar-refractivity contribution in [2.45, 2.75) is 6.92 Å². The molecular formula is C18H13ClO4. The molecule has 4 nitrogen and oxygen atoms in total. The second kappa shape index (κ2) is 5.89. The molecule has 0 unspecified atom stereocenters. The van der Waals surface area contributed by atoms with Gasteiger partial charge in [0, 0.05) is 11.1 Å². The van der Waals surface area contributed by atoms with Gasteiger partial charge in [-0.25, -0.2) is 0 Å². The minimum Gasteiger partial charge on any atom is -0.497 e. The highest BCUT2D eigenvalue weighted by Crippen LogP contribution is 2.29. The molecule has 23 heavy (non-hydrogen) atoms. The highest BCUT2D eigenvalue weighted by molar-refractivity contribution is 6.68. The van der Waals surface area contributed by atoms with Crippen LogP contribution in [0.2, 0.25) is 0 Å². The Morgan fingerprint density at radius 2 is 1.91 bits per heavy atom. The van der Waals surface area contributed by atoms with Crippen LogP contribution in [0.25, 0.3) is 22.3 Å². The first kappa shape index (κ1) is 15.3.